The maximum atomic E-state index is 14.1. The molecule has 2 aliphatic rings. The molecular formula is C17H20F2N2. The monoisotopic (exact) mass is 290 g/mol. The first-order chi connectivity index (χ1) is 10.2. The minimum Gasteiger partial charge on any atom is -0.369 e. The molecule has 1 saturated heterocycles. The Kier molecular flexibility index (Phi) is 3.84. The average Bonchev–Trinajstić information content (AvgIpc) is 2.52. The molecule has 0 atom stereocenters. The molecule has 1 spiro atoms. The predicted molar refractivity (Wildman–Crippen MR) is 78.0 cm³/mol. The smallest absolute Gasteiger partial charge is 0.183 e. The van der Waals surface area contributed by atoms with Crippen molar-refractivity contribution in [1.82, 2.24) is 0 Å². The van der Waals surface area contributed by atoms with Crippen LogP contribution < -0.4 is 4.90 Å². The zero-order valence-corrected chi connectivity index (χ0v) is 12.2. The second kappa shape index (κ2) is 5.63. The van der Waals surface area contributed by atoms with Crippen molar-refractivity contribution in [2.45, 2.75) is 44.9 Å². The molecule has 4 heteroatoms. The molecule has 1 heterocycles. The zero-order chi connectivity index (χ0) is 14.9. The van der Waals surface area contributed by atoms with E-state index >= 15 is 0 Å². The Bertz CT molecular complexity index is 561. The second-order valence-electron chi connectivity index (χ2n) is 6.42. The van der Waals surface area contributed by atoms with E-state index in [1.165, 1.54) is 44.2 Å². The Balaban J connectivity index is 1.75. The number of rotatable bonds is 1. The van der Waals surface area contributed by atoms with Gasteiger partial charge in [-0.05, 0) is 43.2 Å². The topological polar surface area (TPSA) is 27.0 Å². The van der Waals surface area contributed by atoms with Crippen LogP contribution >= 0.6 is 0 Å². The van der Waals surface area contributed by atoms with Crippen LogP contribution in [0.1, 0.15) is 50.5 Å². The Hall–Kier alpha value is -1.63. The molecule has 0 radical (unpaired) electrons. The standard InChI is InChI=1S/C17H20F2N2/c18-15-13(12-20)4-5-14(16(15)19)21-10-8-17(9-11-21)6-2-1-3-7-17/h4-5H,1-3,6-11H2. The van der Waals surface area contributed by atoms with Gasteiger partial charge in [-0.25, -0.2) is 8.78 Å². The second-order valence-corrected chi connectivity index (χ2v) is 6.42. The summed E-state index contributed by atoms with van der Waals surface area (Å²) in [5.74, 6) is -1.90. The molecule has 1 aliphatic heterocycles. The van der Waals surface area contributed by atoms with Crippen molar-refractivity contribution in [1.29, 1.82) is 5.26 Å². The first-order valence-corrected chi connectivity index (χ1v) is 7.78. The van der Waals surface area contributed by atoms with E-state index in [2.05, 4.69) is 0 Å². The summed E-state index contributed by atoms with van der Waals surface area (Å²) in [6, 6.07) is 4.59. The minimum atomic E-state index is -1.02. The van der Waals surface area contributed by atoms with Crippen LogP contribution in [0.15, 0.2) is 12.1 Å². The van der Waals surface area contributed by atoms with Crippen molar-refractivity contribution >= 4 is 5.69 Å². The van der Waals surface area contributed by atoms with Gasteiger partial charge in [-0.1, -0.05) is 19.3 Å². The molecule has 2 nitrogen and oxygen atoms in total. The Morgan fingerprint density at radius 2 is 1.62 bits per heavy atom. The highest BCUT2D eigenvalue weighted by Gasteiger charge is 2.36. The molecule has 0 N–H and O–H groups in total. The fourth-order valence-electron chi connectivity index (χ4n) is 3.89. The molecule has 1 aromatic carbocycles. The van der Waals surface area contributed by atoms with Gasteiger partial charge in [0.1, 0.15) is 6.07 Å². The largest absolute Gasteiger partial charge is 0.369 e. The molecule has 2 fully saturated rings. The molecule has 112 valence electrons. The highest BCUT2D eigenvalue weighted by molar-refractivity contribution is 5.52. The molecule has 0 bridgehead atoms. The van der Waals surface area contributed by atoms with Crippen LogP contribution in [0.4, 0.5) is 14.5 Å². The number of piperidine rings is 1. The molecule has 21 heavy (non-hydrogen) atoms. The van der Waals surface area contributed by atoms with Crippen LogP contribution in [0.2, 0.25) is 0 Å². The van der Waals surface area contributed by atoms with Gasteiger partial charge in [0.25, 0.3) is 0 Å². The first kappa shape index (κ1) is 14.3. The van der Waals surface area contributed by atoms with Crippen LogP contribution in [-0.4, -0.2) is 13.1 Å². The molecule has 1 aliphatic carbocycles. The molecular weight excluding hydrogens is 270 g/mol. The summed E-state index contributed by atoms with van der Waals surface area (Å²) in [7, 11) is 0. The molecule has 0 amide bonds. The number of nitriles is 1. The van der Waals surface area contributed by atoms with Crippen LogP contribution in [0.3, 0.4) is 0 Å². The lowest BCUT2D eigenvalue weighted by Crippen LogP contribution is -2.41. The number of nitrogens with zero attached hydrogens (tertiary/aromatic N) is 2. The van der Waals surface area contributed by atoms with Crippen molar-refractivity contribution in [3.8, 4) is 6.07 Å². The Morgan fingerprint density at radius 3 is 2.24 bits per heavy atom. The van der Waals surface area contributed by atoms with E-state index in [4.69, 9.17) is 5.26 Å². The maximum absolute atomic E-state index is 14.1. The van der Waals surface area contributed by atoms with Crippen LogP contribution in [0.5, 0.6) is 0 Å². The lowest BCUT2D eigenvalue weighted by atomic mass is 9.68. The third-order valence-corrected chi connectivity index (χ3v) is 5.26. The van der Waals surface area contributed by atoms with Crippen LogP contribution in [-0.2, 0) is 0 Å². The number of anilines is 1. The fourth-order valence-corrected chi connectivity index (χ4v) is 3.89. The summed E-state index contributed by atoms with van der Waals surface area (Å²) in [5, 5.41) is 8.74. The van der Waals surface area contributed by atoms with Gasteiger partial charge in [-0.3, -0.25) is 0 Å². The first-order valence-electron chi connectivity index (χ1n) is 7.78. The van der Waals surface area contributed by atoms with Crippen molar-refractivity contribution < 1.29 is 8.78 Å². The third-order valence-electron chi connectivity index (χ3n) is 5.26. The van der Waals surface area contributed by atoms with E-state index in [9.17, 15) is 8.78 Å². The predicted octanol–water partition coefficient (Wildman–Crippen LogP) is 4.39. The van der Waals surface area contributed by atoms with Gasteiger partial charge in [0, 0.05) is 13.1 Å². The molecule has 1 aromatic rings. The lowest BCUT2D eigenvalue weighted by molar-refractivity contribution is 0.144. The van der Waals surface area contributed by atoms with E-state index in [0.717, 1.165) is 25.9 Å². The summed E-state index contributed by atoms with van der Waals surface area (Å²) in [6.45, 7) is 1.56. The van der Waals surface area contributed by atoms with Gasteiger partial charge in [0.15, 0.2) is 11.6 Å². The van der Waals surface area contributed by atoms with Gasteiger partial charge < -0.3 is 4.90 Å². The summed E-state index contributed by atoms with van der Waals surface area (Å²) < 4.78 is 27.8. The number of benzene rings is 1. The van der Waals surface area contributed by atoms with Crippen molar-refractivity contribution in [2.24, 2.45) is 5.41 Å². The van der Waals surface area contributed by atoms with Crippen LogP contribution in [0.25, 0.3) is 0 Å². The van der Waals surface area contributed by atoms with E-state index in [1.807, 2.05) is 4.90 Å². The maximum Gasteiger partial charge on any atom is 0.183 e. The summed E-state index contributed by atoms with van der Waals surface area (Å²) in [5.41, 5.74) is 0.519. The molecule has 0 unspecified atom stereocenters. The molecule has 3 rings (SSSR count). The lowest BCUT2D eigenvalue weighted by Gasteiger charge is -2.45. The van der Waals surface area contributed by atoms with Gasteiger partial charge in [-0.15, -0.1) is 0 Å². The Morgan fingerprint density at radius 1 is 0.952 bits per heavy atom. The number of hydrogen-bond acceptors (Lipinski definition) is 2. The molecule has 0 aromatic heterocycles. The van der Waals surface area contributed by atoms with Crippen molar-refractivity contribution in [3.63, 3.8) is 0 Å². The summed E-state index contributed by atoms with van der Waals surface area (Å²) >= 11 is 0. The third kappa shape index (κ3) is 2.62. The van der Waals surface area contributed by atoms with E-state index < -0.39 is 11.6 Å². The van der Waals surface area contributed by atoms with Gasteiger partial charge in [0.05, 0.1) is 11.3 Å². The fraction of sp³-hybridized carbons (Fsp3) is 0.588. The number of halogens is 2. The van der Waals surface area contributed by atoms with Crippen molar-refractivity contribution in [2.75, 3.05) is 18.0 Å². The SMILES string of the molecule is N#Cc1ccc(N2CCC3(CCCCC3)CC2)c(F)c1F. The normalized spacial score (nSPS) is 21.3. The van der Waals surface area contributed by atoms with Crippen LogP contribution in [0, 0.1) is 28.4 Å². The van der Waals surface area contributed by atoms with E-state index in [-0.39, 0.29) is 5.56 Å². The summed E-state index contributed by atoms with van der Waals surface area (Å²) in [6.07, 6.45) is 8.64. The van der Waals surface area contributed by atoms with Gasteiger partial charge in [0.2, 0.25) is 0 Å². The summed E-state index contributed by atoms with van der Waals surface area (Å²) in [4.78, 5) is 1.93. The number of hydrogen-bond donors (Lipinski definition) is 0. The highest BCUT2D eigenvalue weighted by Crippen LogP contribution is 2.45. The van der Waals surface area contributed by atoms with Gasteiger partial charge >= 0.3 is 0 Å². The highest BCUT2D eigenvalue weighted by atomic mass is 19.2. The zero-order valence-electron chi connectivity index (χ0n) is 12.2. The van der Waals surface area contributed by atoms with E-state index in [1.54, 1.807) is 6.07 Å². The van der Waals surface area contributed by atoms with Gasteiger partial charge in [-0.2, -0.15) is 5.26 Å². The Labute approximate surface area is 124 Å². The van der Waals surface area contributed by atoms with E-state index in [0.29, 0.717) is 11.1 Å². The minimum absolute atomic E-state index is 0.225. The molecule has 1 saturated carbocycles. The van der Waals surface area contributed by atoms with Crippen molar-refractivity contribution in [3.05, 3.63) is 29.3 Å². The quantitative estimate of drug-likeness (QED) is 0.767. The average molecular weight is 290 g/mol.